The maximum absolute atomic E-state index is 12.2. The normalized spacial score (nSPS) is 10.7. The molecule has 2 aromatic rings. The minimum Gasteiger partial charge on any atom is -0.497 e. The Hall–Kier alpha value is -2.53. The number of benzene rings is 2. The largest absolute Gasteiger partial charge is 0.497 e. The Morgan fingerprint density at radius 3 is 2.19 bits per heavy atom. The molecule has 1 amide bonds. The van der Waals surface area contributed by atoms with Crippen LogP contribution in [0.25, 0.3) is 0 Å². The van der Waals surface area contributed by atoms with Crippen molar-refractivity contribution in [2.24, 2.45) is 0 Å². The summed E-state index contributed by atoms with van der Waals surface area (Å²) in [6.07, 6.45) is 1.06. The SMILES string of the molecule is COc1cc(CCC(=O)NCc2ccccc2CN(C)C)cc(OC)c1. The van der Waals surface area contributed by atoms with Gasteiger partial charge in [-0.3, -0.25) is 4.79 Å². The van der Waals surface area contributed by atoms with Crippen molar-refractivity contribution in [1.29, 1.82) is 0 Å². The first-order valence-electron chi connectivity index (χ1n) is 8.72. The molecule has 0 fully saturated rings. The lowest BCUT2D eigenvalue weighted by Crippen LogP contribution is -2.24. The molecule has 0 bridgehead atoms. The second-order valence-electron chi connectivity index (χ2n) is 6.50. The molecule has 140 valence electrons. The smallest absolute Gasteiger partial charge is 0.220 e. The highest BCUT2D eigenvalue weighted by Crippen LogP contribution is 2.23. The van der Waals surface area contributed by atoms with Gasteiger partial charge in [-0.2, -0.15) is 0 Å². The molecule has 0 saturated heterocycles. The predicted octanol–water partition coefficient (Wildman–Crippen LogP) is 3.01. The van der Waals surface area contributed by atoms with E-state index in [2.05, 4.69) is 22.3 Å². The molecule has 0 spiro atoms. The lowest BCUT2D eigenvalue weighted by Gasteiger charge is -2.14. The Labute approximate surface area is 155 Å². The molecule has 0 heterocycles. The third-order valence-electron chi connectivity index (χ3n) is 4.13. The van der Waals surface area contributed by atoms with Gasteiger partial charge in [0.1, 0.15) is 11.5 Å². The fourth-order valence-corrected chi connectivity index (χ4v) is 2.78. The highest BCUT2D eigenvalue weighted by Gasteiger charge is 2.08. The molecule has 0 aliphatic heterocycles. The average molecular weight is 356 g/mol. The number of nitrogens with one attached hydrogen (secondary N) is 1. The van der Waals surface area contributed by atoms with Crippen LogP contribution in [-0.4, -0.2) is 39.1 Å². The van der Waals surface area contributed by atoms with E-state index >= 15 is 0 Å². The topological polar surface area (TPSA) is 50.8 Å². The molecular formula is C21H28N2O3. The number of amides is 1. The first-order valence-corrected chi connectivity index (χ1v) is 8.72. The Morgan fingerprint density at radius 1 is 1.00 bits per heavy atom. The van der Waals surface area contributed by atoms with E-state index in [4.69, 9.17) is 9.47 Å². The molecule has 26 heavy (non-hydrogen) atoms. The van der Waals surface area contributed by atoms with E-state index in [9.17, 15) is 4.79 Å². The summed E-state index contributed by atoms with van der Waals surface area (Å²) in [6.45, 7) is 1.40. The maximum atomic E-state index is 12.2. The maximum Gasteiger partial charge on any atom is 0.220 e. The van der Waals surface area contributed by atoms with E-state index < -0.39 is 0 Å². The summed E-state index contributed by atoms with van der Waals surface area (Å²) in [6, 6.07) is 13.9. The van der Waals surface area contributed by atoms with Crippen molar-refractivity contribution in [2.75, 3.05) is 28.3 Å². The second-order valence-corrected chi connectivity index (χ2v) is 6.50. The third kappa shape index (κ3) is 6.08. The van der Waals surface area contributed by atoms with Crippen molar-refractivity contribution in [3.05, 3.63) is 59.2 Å². The van der Waals surface area contributed by atoms with Gasteiger partial charge in [-0.1, -0.05) is 24.3 Å². The lowest BCUT2D eigenvalue weighted by atomic mass is 10.1. The van der Waals surface area contributed by atoms with Crippen LogP contribution in [0.4, 0.5) is 0 Å². The van der Waals surface area contributed by atoms with Crippen LogP contribution < -0.4 is 14.8 Å². The molecular weight excluding hydrogens is 328 g/mol. The van der Waals surface area contributed by atoms with Gasteiger partial charge in [0.05, 0.1) is 14.2 Å². The van der Waals surface area contributed by atoms with Gasteiger partial charge in [0.25, 0.3) is 0 Å². The van der Waals surface area contributed by atoms with E-state index in [0.717, 1.165) is 29.2 Å². The van der Waals surface area contributed by atoms with E-state index in [1.165, 1.54) is 5.56 Å². The molecule has 1 N–H and O–H groups in total. The van der Waals surface area contributed by atoms with E-state index in [0.29, 0.717) is 19.4 Å². The minimum atomic E-state index is 0.0337. The molecule has 0 aliphatic carbocycles. The van der Waals surface area contributed by atoms with Crippen LogP contribution in [0.15, 0.2) is 42.5 Å². The third-order valence-corrected chi connectivity index (χ3v) is 4.13. The van der Waals surface area contributed by atoms with Crippen LogP contribution >= 0.6 is 0 Å². The molecule has 5 heteroatoms. The first-order chi connectivity index (χ1) is 12.5. The number of carbonyl (C=O) groups excluding carboxylic acids is 1. The fraction of sp³-hybridized carbons (Fsp3) is 0.381. The molecule has 0 radical (unpaired) electrons. The highest BCUT2D eigenvalue weighted by atomic mass is 16.5. The quantitative estimate of drug-likeness (QED) is 0.750. The van der Waals surface area contributed by atoms with Crippen molar-refractivity contribution in [2.45, 2.75) is 25.9 Å². The zero-order valence-corrected chi connectivity index (χ0v) is 16.0. The Kier molecular flexibility index (Phi) is 7.48. The highest BCUT2D eigenvalue weighted by molar-refractivity contribution is 5.76. The number of ether oxygens (including phenoxy) is 2. The van der Waals surface area contributed by atoms with Crippen LogP contribution in [0.5, 0.6) is 11.5 Å². The van der Waals surface area contributed by atoms with Crippen LogP contribution in [-0.2, 0) is 24.3 Å². The number of rotatable bonds is 9. The number of hydrogen-bond acceptors (Lipinski definition) is 4. The van der Waals surface area contributed by atoms with Gasteiger partial charge < -0.3 is 19.7 Å². The molecule has 0 aromatic heterocycles. The zero-order valence-electron chi connectivity index (χ0n) is 16.0. The van der Waals surface area contributed by atoms with Crippen molar-refractivity contribution in [3.63, 3.8) is 0 Å². The van der Waals surface area contributed by atoms with Crippen molar-refractivity contribution in [1.82, 2.24) is 10.2 Å². The van der Waals surface area contributed by atoms with E-state index in [1.54, 1.807) is 14.2 Å². The Balaban J connectivity index is 1.90. The summed E-state index contributed by atoms with van der Waals surface area (Å²) >= 11 is 0. The molecule has 2 aromatic carbocycles. The number of methoxy groups -OCH3 is 2. The van der Waals surface area contributed by atoms with Gasteiger partial charge >= 0.3 is 0 Å². The van der Waals surface area contributed by atoms with E-state index in [1.807, 2.05) is 44.4 Å². The van der Waals surface area contributed by atoms with E-state index in [-0.39, 0.29) is 5.91 Å². The Bertz CT molecular complexity index is 707. The second kappa shape index (κ2) is 9.82. The lowest BCUT2D eigenvalue weighted by molar-refractivity contribution is -0.121. The molecule has 0 atom stereocenters. The van der Waals surface area contributed by atoms with Gasteiger partial charge in [-0.15, -0.1) is 0 Å². The van der Waals surface area contributed by atoms with Gasteiger partial charge in [-0.05, 0) is 49.3 Å². The summed E-state index contributed by atoms with van der Waals surface area (Å²) in [4.78, 5) is 14.4. The summed E-state index contributed by atoms with van der Waals surface area (Å²) < 4.78 is 10.5. The molecule has 5 nitrogen and oxygen atoms in total. The molecule has 2 rings (SSSR count). The predicted molar refractivity (Wildman–Crippen MR) is 104 cm³/mol. The van der Waals surface area contributed by atoms with Gasteiger partial charge in [-0.25, -0.2) is 0 Å². The molecule has 0 unspecified atom stereocenters. The van der Waals surface area contributed by atoms with Crippen LogP contribution in [0.2, 0.25) is 0 Å². The van der Waals surface area contributed by atoms with Crippen molar-refractivity contribution < 1.29 is 14.3 Å². The number of carbonyl (C=O) groups is 1. The monoisotopic (exact) mass is 356 g/mol. The average Bonchev–Trinajstić information content (AvgIpc) is 2.64. The van der Waals surface area contributed by atoms with Gasteiger partial charge in [0.15, 0.2) is 0 Å². The van der Waals surface area contributed by atoms with Crippen LogP contribution in [0.3, 0.4) is 0 Å². The number of aryl methyl sites for hydroxylation is 1. The number of hydrogen-bond donors (Lipinski definition) is 1. The summed E-state index contributed by atoms with van der Waals surface area (Å²) in [5, 5.41) is 3.02. The molecule has 0 saturated carbocycles. The standard InChI is InChI=1S/C21H28N2O3/c1-23(2)15-18-8-6-5-7-17(18)14-22-21(24)10-9-16-11-19(25-3)13-20(12-16)26-4/h5-8,11-13H,9-10,14-15H2,1-4H3,(H,22,24). The summed E-state index contributed by atoms with van der Waals surface area (Å²) in [5.74, 6) is 1.50. The van der Waals surface area contributed by atoms with Gasteiger partial charge in [0, 0.05) is 25.6 Å². The van der Waals surface area contributed by atoms with Crippen molar-refractivity contribution in [3.8, 4) is 11.5 Å². The number of nitrogens with zero attached hydrogens (tertiary/aromatic N) is 1. The van der Waals surface area contributed by atoms with Crippen molar-refractivity contribution >= 4 is 5.91 Å². The van der Waals surface area contributed by atoms with Crippen LogP contribution in [0.1, 0.15) is 23.1 Å². The van der Waals surface area contributed by atoms with Crippen LogP contribution in [0, 0.1) is 0 Å². The van der Waals surface area contributed by atoms with Gasteiger partial charge in [0.2, 0.25) is 5.91 Å². The first kappa shape index (κ1) is 19.8. The summed E-state index contributed by atoms with van der Waals surface area (Å²) in [7, 11) is 7.32. The molecule has 0 aliphatic rings. The fourth-order valence-electron chi connectivity index (χ4n) is 2.78. The Morgan fingerprint density at radius 2 is 1.62 bits per heavy atom. The summed E-state index contributed by atoms with van der Waals surface area (Å²) in [5.41, 5.74) is 3.40. The minimum absolute atomic E-state index is 0.0337. The zero-order chi connectivity index (χ0) is 18.9.